The normalized spacial score (nSPS) is 12.2. The van der Waals surface area contributed by atoms with Crippen molar-refractivity contribution >= 4 is 12.0 Å². The number of benzene rings is 1. The van der Waals surface area contributed by atoms with Gasteiger partial charge in [-0.3, -0.25) is 4.79 Å². The number of hydrogen-bond donors (Lipinski definition) is 1. The van der Waals surface area contributed by atoms with Crippen LogP contribution in [0.1, 0.15) is 36.2 Å². The summed E-state index contributed by atoms with van der Waals surface area (Å²) < 4.78 is 49.3. The summed E-state index contributed by atoms with van der Waals surface area (Å²) in [6, 6.07) is 3.25. The van der Waals surface area contributed by atoms with E-state index in [-0.39, 0.29) is 17.2 Å². The van der Waals surface area contributed by atoms with Gasteiger partial charge in [0.05, 0.1) is 6.42 Å². The fraction of sp³-hybridized carbons (Fsp3) is 0.357. The van der Waals surface area contributed by atoms with Crippen LogP contribution >= 0.6 is 0 Å². The molecule has 0 unspecified atom stereocenters. The molecule has 2 nitrogen and oxygen atoms in total. The SMILES string of the molecule is CC(C)NC(=O)c1ccc(F)cc1/C=C/CC(F)(F)F. The lowest BCUT2D eigenvalue weighted by Crippen LogP contribution is -2.30. The van der Waals surface area contributed by atoms with Crippen LogP contribution < -0.4 is 5.32 Å². The predicted octanol–water partition coefficient (Wildman–Crippen LogP) is 3.93. The quantitative estimate of drug-likeness (QED) is 0.836. The molecule has 0 aliphatic heterocycles. The minimum atomic E-state index is -4.33. The second-order valence-electron chi connectivity index (χ2n) is 4.58. The molecule has 0 fully saturated rings. The summed E-state index contributed by atoms with van der Waals surface area (Å²) in [5.41, 5.74) is 0.255. The van der Waals surface area contributed by atoms with E-state index < -0.39 is 24.3 Å². The minimum absolute atomic E-state index is 0.118. The molecule has 1 amide bonds. The molecule has 0 saturated carbocycles. The standard InChI is InChI=1S/C14H15F4NO/c1-9(2)19-13(20)12-6-5-11(15)8-10(12)4-3-7-14(16,17)18/h3-6,8-9H,7H2,1-2H3,(H,19,20)/b4-3+. The molecular formula is C14H15F4NO. The van der Waals surface area contributed by atoms with Crippen molar-refractivity contribution in [3.8, 4) is 0 Å². The highest BCUT2D eigenvalue weighted by Gasteiger charge is 2.24. The lowest BCUT2D eigenvalue weighted by molar-refractivity contribution is -0.124. The van der Waals surface area contributed by atoms with E-state index in [4.69, 9.17) is 0 Å². The maximum atomic E-state index is 13.1. The average Bonchev–Trinajstić information content (AvgIpc) is 2.26. The van der Waals surface area contributed by atoms with Gasteiger partial charge in [0.2, 0.25) is 0 Å². The number of hydrogen-bond acceptors (Lipinski definition) is 1. The molecule has 1 aromatic carbocycles. The van der Waals surface area contributed by atoms with Crippen LogP contribution in [0.5, 0.6) is 0 Å². The highest BCUT2D eigenvalue weighted by molar-refractivity contribution is 5.97. The zero-order chi connectivity index (χ0) is 15.3. The number of allylic oxidation sites excluding steroid dienone is 1. The van der Waals surface area contributed by atoms with E-state index in [1.165, 1.54) is 6.07 Å². The Morgan fingerprint density at radius 2 is 2.00 bits per heavy atom. The molecule has 0 aromatic heterocycles. The van der Waals surface area contributed by atoms with Crippen molar-refractivity contribution in [3.63, 3.8) is 0 Å². The molecule has 0 saturated heterocycles. The topological polar surface area (TPSA) is 29.1 Å². The van der Waals surface area contributed by atoms with E-state index in [0.717, 1.165) is 24.3 Å². The van der Waals surface area contributed by atoms with Gasteiger partial charge in [0.1, 0.15) is 5.82 Å². The number of halogens is 4. The molecule has 1 rings (SSSR count). The van der Waals surface area contributed by atoms with Gasteiger partial charge in [0.25, 0.3) is 5.91 Å². The first-order valence-electron chi connectivity index (χ1n) is 6.03. The van der Waals surface area contributed by atoms with Crippen molar-refractivity contribution in [2.75, 3.05) is 0 Å². The number of carbonyl (C=O) groups is 1. The molecule has 0 atom stereocenters. The maximum Gasteiger partial charge on any atom is 0.392 e. The fourth-order valence-electron chi connectivity index (χ4n) is 1.54. The van der Waals surface area contributed by atoms with Gasteiger partial charge in [-0.05, 0) is 37.6 Å². The Kier molecular flexibility index (Phi) is 5.30. The van der Waals surface area contributed by atoms with Gasteiger partial charge in [0, 0.05) is 11.6 Å². The van der Waals surface area contributed by atoms with Crippen LogP contribution in [0, 0.1) is 5.82 Å². The Morgan fingerprint density at radius 1 is 1.35 bits per heavy atom. The van der Waals surface area contributed by atoms with E-state index in [0.29, 0.717) is 0 Å². The van der Waals surface area contributed by atoms with Crippen LogP contribution in [0.4, 0.5) is 17.6 Å². The highest BCUT2D eigenvalue weighted by Crippen LogP contribution is 2.21. The van der Waals surface area contributed by atoms with Crippen LogP contribution in [-0.2, 0) is 0 Å². The van der Waals surface area contributed by atoms with Crippen molar-refractivity contribution in [2.24, 2.45) is 0 Å². The molecule has 1 aromatic rings. The monoisotopic (exact) mass is 289 g/mol. The van der Waals surface area contributed by atoms with Crippen LogP contribution in [0.2, 0.25) is 0 Å². The number of alkyl halides is 3. The summed E-state index contributed by atoms with van der Waals surface area (Å²) in [5, 5.41) is 2.61. The average molecular weight is 289 g/mol. The third-order valence-corrected chi connectivity index (χ3v) is 2.32. The van der Waals surface area contributed by atoms with E-state index >= 15 is 0 Å². The molecule has 110 valence electrons. The number of rotatable bonds is 4. The Bertz CT molecular complexity index is 506. The van der Waals surface area contributed by atoms with E-state index in [1.54, 1.807) is 13.8 Å². The van der Waals surface area contributed by atoms with Crippen LogP contribution in [0.15, 0.2) is 24.3 Å². The summed E-state index contributed by atoms with van der Waals surface area (Å²) in [6.07, 6.45) is -3.49. The first-order chi connectivity index (χ1) is 9.19. The molecule has 20 heavy (non-hydrogen) atoms. The molecule has 1 N–H and O–H groups in total. The van der Waals surface area contributed by atoms with Gasteiger partial charge < -0.3 is 5.32 Å². The molecule has 0 radical (unpaired) electrons. The van der Waals surface area contributed by atoms with Crippen LogP contribution in [-0.4, -0.2) is 18.1 Å². The smallest absolute Gasteiger partial charge is 0.350 e. The predicted molar refractivity (Wildman–Crippen MR) is 68.7 cm³/mol. The zero-order valence-electron chi connectivity index (χ0n) is 11.1. The first kappa shape index (κ1) is 16.2. The fourth-order valence-corrected chi connectivity index (χ4v) is 1.54. The van der Waals surface area contributed by atoms with Gasteiger partial charge in [-0.1, -0.05) is 12.2 Å². The van der Waals surface area contributed by atoms with Crippen LogP contribution in [0.25, 0.3) is 6.08 Å². The zero-order valence-corrected chi connectivity index (χ0v) is 11.1. The van der Waals surface area contributed by atoms with Gasteiger partial charge in [-0.25, -0.2) is 4.39 Å². The number of nitrogens with one attached hydrogen (secondary N) is 1. The second kappa shape index (κ2) is 6.54. The van der Waals surface area contributed by atoms with E-state index in [2.05, 4.69) is 5.32 Å². The Hall–Kier alpha value is -1.85. The molecule has 0 bridgehead atoms. The molecule has 0 spiro atoms. The van der Waals surface area contributed by atoms with Gasteiger partial charge >= 0.3 is 6.18 Å². The highest BCUT2D eigenvalue weighted by atomic mass is 19.4. The lowest BCUT2D eigenvalue weighted by Gasteiger charge is -2.10. The molecule has 6 heteroatoms. The molecule has 0 aliphatic carbocycles. The maximum absolute atomic E-state index is 13.1. The Balaban J connectivity index is 2.99. The molecular weight excluding hydrogens is 274 g/mol. The van der Waals surface area contributed by atoms with Gasteiger partial charge in [-0.15, -0.1) is 0 Å². The van der Waals surface area contributed by atoms with Crippen molar-refractivity contribution in [1.82, 2.24) is 5.32 Å². The molecule has 0 heterocycles. The van der Waals surface area contributed by atoms with E-state index in [1.807, 2.05) is 0 Å². The third-order valence-electron chi connectivity index (χ3n) is 2.32. The Labute approximate surface area is 114 Å². The summed E-state index contributed by atoms with van der Waals surface area (Å²) in [7, 11) is 0. The summed E-state index contributed by atoms with van der Waals surface area (Å²) in [6.45, 7) is 3.50. The summed E-state index contributed by atoms with van der Waals surface area (Å²) in [4.78, 5) is 11.9. The second-order valence-corrected chi connectivity index (χ2v) is 4.58. The van der Waals surface area contributed by atoms with E-state index in [9.17, 15) is 22.4 Å². The number of carbonyl (C=O) groups excluding carboxylic acids is 1. The van der Waals surface area contributed by atoms with Gasteiger partial charge in [-0.2, -0.15) is 13.2 Å². The first-order valence-corrected chi connectivity index (χ1v) is 6.03. The number of amides is 1. The van der Waals surface area contributed by atoms with Crippen LogP contribution in [0.3, 0.4) is 0 Å². The Morgan fingerprint density at radius 3 is 2.55 bits per heavy atom. The van der Waals surface area contributed by atoms with Crippen molar-refractivity contribution in [2.45, 2.75) is 32.5 Å². The minimum Gasteiger partial charge on any atom is -0.350 e. The third kappa shape index (κ3) is 5.42. The van der Waals surface area contributed by atoms with Crippen molar-refractivity contribution in [1.29, 1.82) is 0 Å². The molecule has 0 aliphatic rings. The summed E-state index contributed by atoms with van der Waals surface area (Å²) in [5.74, 6) is -1.07. The van der Waals surface area contributed by atoms with Crippen molar-refractivity contribution in [3.05, 3.63) is 41.2 Å². The lowest BCUT2D eigenvalue weighted by atomic mass is 10.1. The van der Waals surface area contributed by atoms with Gasteiger partial charge in [0.15, 0.2) is 0 Å². The largest absolute Gasteiger partial charge is 0.392 e. The van der Waals surface area contributed by atoms with Crippen molar-refractivity contribution < 1.29 is 22.4 Å². The summed E-state index contributed by atoms with van der Waals surface area (Å²) >= 11 is 0.